The minimum Gasteiger partial charge on any atom is -0.300 e. The van der Waals surface area contributed by atoms with E-state index in [0.29, 0.717) is 11.7 Å². The molecule has 0 N–H and O–H groups in total. The molecule has 2 aliphatic heterocycles. The highest BCUT2D eigenvalue weighted by Gasteiger charge is 2.25. The van der Waals surface area contributed by atoms with Gasteiger partial charge in [-0.2, -0.15) is 0 Å². The third-order valence-corrected chi connectivity index (χ3v) is 3.22. The molecule has 0 aromatic carbocycles. The van der Waals surface area contributed by atoms with Gasteiger partial charge in [0, 0.05) is 19.0 Å². The van der Waals surface area contributed by atoms with Crippen LogP contribution in [-0.2, 0) is 4.79 Å². The van der Waals surface area contributed by atoms with Gasteiger partial charge in [-0.3, -0.25) is 10.2 Å². The molecule has 1 unspecified atom stereocenters. The Bertz CT molecular complexity index is 240. The number of piperidine rings is 2. The molecule has 2 aliphatic rings. The predicted octanol–water partition coefficient (Wildman–Crippen LogP) is 0.955. The molecular weight excluding hydrogens is 176 g/mol. The normalized spacial score (nSPS) is 29.4. The van der Waals surface area contributed by atoms with Crippen molar-refractivity contribution in [2.45, 2.75) is 38.1 Å². The standard InChI is InChI=1S/C11H17N2O/c14-9-10-8-11(4-5-12-10)13-6-2-1-3-7-13/h11H,1-8H2. The zero-order valence-electron chi connectivity index (χ0n) is 8.54. The number of carbonyl (C=O) groups excluding carboxylic acids is 1. The van der Waals surface area contributed by atoms with Crippen LogP contribution < -0.4 is 5.32 Å². The molecule has 2 heterocycles. The smallest absolute Gasteiger partial charge is 0.147 e. The van der Waals surface area contributed by atoms with Crippen LogP contribution in [0.25, 0.3) is 0 Å². The summed E-state index contributed by atoms with van der Waals surface area (Å²) >= 11 is 0. The van der Waals surface area contributed by atoms with Gasteiger partial charge in [-0.05, 0) is 32.4 Å². The van der Waals surface area contributed by atoms with Crippen molar-refractivity contribution in [2.75, 3.05) is 19.6 Å². The van der Waals surface area contributed by atoms with Crippen molar-refractivity contribution in [2.24, 2.45) is 0 Å². The minimum atomic E-state index is 0.559. The Balaban J connectivity index is 1.92. The molecule has 1 atom stereocenters. The Kier molecular flexibility index (Phi) is 3.22. The van der Waals surface area contributed by atoms with Crippen LogP contribution in [0, 0.1) is 0 Å². The lowest BCUT2D eigenvalue weighted by molar-refractivity contribution is 0.144. The van der Waals surface area contributed by atoms with Crippen LogP contribution in [-0.4, -0.2) is 36.5 Å². The first-order valence-electron chi connectivity index (χ1n) is 5.55. The van der Waals surface area contributed by atoms with E-state index in [-0.39, 0.29) is 0 Å². The van der Waals surface area contributed by atoms with E-state index in [9.17, 15) is 4.79 Å². The largest absolute Gasteiger partial charge is 0.300 e. The van der Waals surface area contributed by atoms with Crippen LogP contribution in [0.1, 0.15) is 32.1 Å². The number of rotatable bonds is 1. The second-order valence-corrected chi connectivity index (χ2v) is 4.17. The third-order valence-electron chi connectivity index (χ3n) is 3.22. The van der Waals surface area contributed by atoms with Crippen LogP contribution in [0.4, 0.5) is 0 Å². The summed E-state index contributed by atoms with van der Waals surface area (Å²) in [5, 5.41) is 4.16. The van der Waals surface area contributed by atoms with E-state index >= 15 is 0 Å². The molecule has 3 nitrogen and oxygen atoms in total. The Morgan fingerprint density at radius 3 is 2.79 bits per heavy atom. The summed E-state index contributed by atoms with van der Waals surface area (Å²) in [4.78, 5) is 13.0. The highest BCUT2D eigenvalue weighted by Crippen LogP contribution is 2.21. The van der Waals surface area contributed by atoms with Gasteiger partial charge in [0.1, 0.15) is 11.6 Å². The van der Waals surface area contributed by atoms with Crippen molar-refractivity contribution in [1.29, 1.82) is 0 Å². The molecule has 0 saturated carbocycles. The van der Waals surface area contributed by atoms with E-state index in [2.05, 4.69) is 10.2 Å². The van der Waals surface area contributed by atoms with Crippen molar-refractivity contribution >= 4 is 5.94 Å². The van der Waals surface area contributed by atoms with Crippen LogP contribution >= 0.6 is 0 Å². The first-order chi connectivity index (χ1) is 6.90. The van der Waals surface area contributed by atoms with Crippen LogP contribution in [0.2, 0.25) is 0 Å². The molecule has 0 aromatic rings. The summed E-state index contributed by atoms with van der Waals surface area (Å²) < 4.78 is 0. The SMILES string of the molecule is O=C=C1CC(N2CCCCC2)CC[N]1. The Hall–Kier alpha value is -0.790. The lowest BCUT2D eigenvalue weighted by Gasteiger charge is -2.36. The van der Waals surface area contributed by atoms with Gasteiger partial charge in [-0.1, -0.05) is 6.42 Å². The quantitative estimate of drug-likeness (QED) is 0.581. The lowest BCUT2D eigenvalue weighted by Crippen LogP contribution is -2.43. The van der Waals surface area contributed by atoms with Crippen molar-refractivity contribution < 1.29 is 4.79 Å². The summed E-state index contributed by atoms with van der Waals surface area (Å²) in [6.07, 6.45) is 5.93. The van der Waals surface area contributed by atoms with Crippen molar-refractivity contribution in [3.05, 3.63) is 5.70 Å². The van der Waals surface area contributed by atoms with E-state index in [1.165, 1.54) is 32.4 Å². The summed E-state index contributed by atoms with van der Waals surface area (Å²) in [5.74, 6) is 1.95. The maximum absolute atomic E-state index is 10.5. The second-order valence-electron chi connectivity index (χ2n) is 4.17. The van der Waals surface area contributed by atoms with Crippen LogP contribution in [0.3, 0.4) is 0 Å². The molecule has 0 spiro atoms. The van der Waals surface area contributed by atoms with Crippen molar-refractivity contribution in [1.82, 2.24) is 10.2 Å². The average Bonchev–Trinajstić information content (AvgIpc) is 2.30. The monoisotopic (exact) mass is 193 g/mol. The molecule has 0 bridgehead atoms. The molecule has 0 amide bonds. The zero-order chi connectivity index (χ0) is 9.80. The van der Waals surface area contributed by atoms with E-state index in [4.69, 9.17) is 0 Å². The fourth-order valence-corrected chi connectivity index (χ4v) is 2.41. The van der Waals surface area contributed by atoms with Gasteiger partial charge in [0.25, 0.3) is 0 Å². The average molecular weight is 193 g/mol. The molecule has 2 fully saturated rings. The Morgan fingerprint density at radius 1 is 1.29 bits per heavy atom. The van der Waals surface area contributed by atoms with E-state index in [1.54, 1.807) is 0 Å². The molecule has 2 rings (SSSR count). The van der Waals surface area contributed by atoms with Gasteiger partial charge < -0.3 is 0 Å². The maximum Gasteiger partial charge on any atom is 0.147 e. The van der Waals surface area contributed by atoms with Crippen molar-refractivity contribution in [3.8, 4) is 0 Å². The Morgan fingerprint density at radius 2 is 2.07 bits per heavy atom. The fourth-order valence-electron chi connectivity index (χ4n) is 2.41. The molecule has 1 radical (unpaired) electrons. The van der Waals surface area contributed by atoms with E-state index < -0.39 is 0 Å². The molecule has 0 aromatic heterocycles. The van der Waals surface area contributed by atoms with Crippen LogP contribution in [0.15, 0.2) is 5.70 Å². The molecular formula is C11H17N2O. The summed E-state index contributed by atoms with van der Waals surface area (Å²) in [5.41, 5.74) is 0.645. The van der Waals surface area contributed by atoms with E-state index in [0.717, 1.165) is 19.4 Å². The molecule has 2 saturated heterocycles. The van der Waals surface area contributed by atoms with Crippen molar-refractivity contribution in [3.63, 3.8) is 0 Å². The molecule has 0 aliphatic carbocycles. The molecule has 3 heteroatoms. The number of hydrogen-bond acceptors (Lipinski definition) is 2. The molecule has 77 valence electrons. The van der Waals surface area contributed by atoms with Crippen LogP contribution in [0.5, 0.6) is 0 Å². The summed E-state index contributed by atoms with van der Waals surface area (Å²) in [6.45, 7) is 3.22. The topological polar surface area (TPSA) is 34.4 Å². The van der Waals surface area contributed by atoms with Gasteiger partial charge in [0.05, 0.1) is 0 Å². The summed E-state index contributed by atoms with van der Waals surface area (Å²) in [7, 11) is 0. The summed E-state index contributed by atoms with van der Waals surface area (Å²) in [6, 6.07) is 0.559. The number of likely N-dealkylation sites (tertiary alicyclic amines) is 1. The third kappa shape index (κ3) is 2.17. The van der Waals surface area contributed by atoms with Gasteiger partial charge >= 0.3 is 0 Å². The highest BCUT2D eigenvalue weighted by atomic mass is 16.1. The van der Waals surface area contributed by atoms with Gasteiger partial charge in [-0.15, -0.1) is 0 Å². The number of hydrogen-bond donors (Lipinski definition) is 0. The second kappa shape index (κ2) is 4.63. The predicted molar refractivity (Wildman–Crippen MR) is 54.7 cm³/mol. The minimum absolute atomic E-state index is 0.559. The fraction of sp³-hybridized carbons (Fsp3) is 0.818. The highest BCUT2D eigenvalue weighted by molar-refractivity contribution is 5.51. The Labute approximate surface area is 85.2 Å². The first-order valence-corrected chi connectivity index (χ1v) is 5.55. The lowest BCUT2D eigenvalue weighted by atomic mass is 9.99. The van der Waals surface area contributed by atoms with Gasteiger partial charge in [-0.25, -0.2) is 4.79 Å². The van der Waals surface area contributed by atoms with E-state index in [1.807, 2.05) is 5.94 Å². The molecule has 14 heavy (non-hydrogen) atoms. The number of nitrogens with zero attached hydrogens (tertiary/aromatic N) is 2. The zero-order valence-corrected chi connectivity index (χ0v) is 8.54. The maximum atomic E-state index is 10.5. The van der Waals surface area contributed by atoms with Gasteiger partial charge in [0.15, 0.2) is 0 Å². The first kappa shape index (κ1) is 9.75. The van der Waals surface area contributed by atoms with Gasteiger partial charge in [0.2, 0.25) is 0 Å².